The molecule has 3 aromatic rings. The predicted octanol–water partition coefficient (Wildman–Crippen LogP) is 5.32. The van der Waals surface area contributed by atoms with E-state index in [1.807, 2.05) is 4.68 Å². The van der Waals surface area contributed by atoms with Crippen molar-refractivity contribution in [3.05, 3.63) is 51.3 Å². The number of nitrogens with zero attached hydrogens (tertiary/aromatic N) is 3. The van der Waals surface area contributed by atoms with Crippen LogP contribution in [0, 0.1) is 6.92 Å². The molecule has 4 heteroatoms. The quantitative estimate of drug-likeness (QED) is 0.609. The van der Waals surface area contributed by atoms with Crippen molar-refractivity contribution in [1.29, 1.82) is 0 Å². The lowest BCUT2D eigenvalue weighted by Gasteiger charge is -2.10. The minimum absolute atomic E-state index is 1.03. The number of pyridine rings is 1. The van der Waals surface area contributed by atoms with E-state index in [9.17, 15) is 0 Å². The molecule has 4 rings (SSSR count). The van der Waals surface area contributed by atoms with Crippen LogP contribution in [0.2, 0.25) is 0 Å². The Morgan fingerprint density at radius 3 is 2.62 bits per heavy atom. The van der Waals surface area contributed by atoms with Crippen molar-refractivity contribution in [3.63, 3.8) is 0 Å². The van der Waals surface area contributed by atoms with Crippen LogP contribution < -0.4 is 0 Å². The van der Waals surface area contributed by atoms with E-state index in [1.54, 1.807) is 0 Å². The smallest absolute Gasteiger partial charge is 0.163 e. The number of halogens is 1. The van der Waals surface area contributed by atoms with Crippen LogP contribution in [-0.4, -0.2) is 14.8 Å². The zero-order valence-corrected chi connectivity index (χ0v) is 15.9. The van der Waals surface area contributed by atoms with Crippen molar-refractivity contribution in [3.8, 4) is 5.69 Å². The molecule has 0 bridgehead atoms. The molecule has 0 spiro atoms. The van der Waals surface area contributed by atoms with Gasteiger partial charge in [-0.15, -0.1) is 0 Å². The Kier molecular flexibility index (Phi) is 4.17. The molecule has 0 atom stereocenters. The van der Waals surface area contributed by atoms with Gasteiger partial charge in [-0.2, -0.15) is 5.10 Å². The minimum atomic E-state index is 1.03. The Labute approximate surface area is 151 Å². The van der Waals surface area contributed by atoms with E-state index in [-0.39, 0.29) is 0 Å². The maximum Gasteiger partial charge on any atom is 0.163 e. The van der Waals surface area contributed by atoms with Crippen LogP contribution in [0.25, 0.3) is 16.7 Å². The maximum absolute atomic E-state index is 5.09. The molecular formula is C20H22BrN3. The molecule has 0 amide bonds. The number of rotatable bonds is 4. The molecule has 2 aromatic heterocycles. The largest absolute Gasteiger partial charge is 0.233 e. The molecule has 3 nitrogen and oxygen atoms in total. The van der Waals surface area contributed by atoms with E-state index in [4.69, 9.17) is 10.1 Å². The number of unbranched alkanes of at least 4 members (excludes halogenated alkanes) is 1. The molecule has 0 N–H and O–H groups in total. The Balaban J connectivity index is 1.95. The first-order valence-electron chi connectivity index (χ1n) is 8.85. The molecule has 0 aliphatic heterocycles. The van der Waals surface area contributed by atoms with Gasteiger partial charge in [0.2, 0.25) is 0 Å². The summed E-state index contributed by atoms with van der Waals surface area (Å²) in [7, 11) is 0. The third-order valence-corrected chi connectivity index (χ3v) is 5.51. The van der Waals surface area contributed by atoms with Crippen LogP contribution in [0.1, 0.15) is 48.7 Å². The van der Waals surface area contributed by atoms with Crippen molar-refractivity contribution in [2.75, 3.05) is 0 Å². The fourth-order valence-electron chi connectivity index (χ4n) is 3.82. The molecule has 0 saturated carbocycles. The van der Waals surface area contributed by atoms with Crippen LogP contribution in [-0.2, 0) is 19.3 Å². The summed E-state index contributed by atoms with van der Waals surface area (Å²) in [5, 5.41) is 6.11. The highest BCUT2D eigenvalue weighted by Gasteiger charge is 2.23. The second-order valence-electron chi connectivity index (χ2n) is 6.64. The number of hydrogen-bond donors (Lipinski definition) is 0. The zero-order valence-electron chi connectivity index (χ0n) is 14.3. The van der Waals surface area contributed by atoms with Crippen LogP contribution in [0.5, 0.6) is 0 Å². The lowest BCUT2D eigenvalue weighted by molar-refractivity contribution is 0.765. The highest BCUT2D eigenvalue weighted by Crippen LogP contribution is 2.34. The number of hydrogen-bond acceptors (Lipinski definition) is 2. The van der Waals surface area contributed by atoms with Crippen molar-refractivity contribution in [2.45, 2.75) is 52.4 Å². The maximum atomic E-state index is 5.09. The summed E-state index contributed by atoms with van der Waals surface area (Å²) in [5.74, 6) is 0. The highest BCUT2D eigenvalue weighted by atomic mass is 79.9. The lowest BCUT2D eigenvalue weighted by Crippen LogP contribution is -2.03. The molecular weight excluding hydrogens is 362 g/mol. The Morgan fingerprint density at radius 1 is 1.12 bits per heavy atom. The molecule has 1 aliphatic carbocycles. The zero-order chi connectivity index (χ0) is 16.7. The fraction of sp³-hybridized carbons (Fsp3) is 0.400. The fourth-order valence-corrected chi connectivity index (χ4v) is 4.08. The molecule has 0 fully saturated rings. The molecule has 1 aliphatic rings. The van der Waals surface area contributed by atoms with Gasteiger partial charge in [0.25, 0.3) is 0 Å². The molecule has 0 radical (unpaired) electrons. The third-order valence-electron chi connectivity index (χ3n) is 4.98. The van der Waals surface area contributed by atoms with Gasteiger partial charge in [-0.1, -0.05) is 29.3 Å². The molecule has 2 heterocycles. The molecule has 124 valence electrons. The lowest BCUT2D eigenvalue weighted by atomic mass is 10.0. The van der Waals surface area contributed by atoms with Gasteiger partial charge in [-0.3, -0.25) is 0 Å². The summed E-state index contributed by atoms with van der Waals surface area (Å²) < 4.78 is 3.10. The Hall–Kier alpha value is -1.68. The third kappa shape index (κ3) is 2.57. The van der Waals surface area contributed by atoms with Gasteiger partial charge in [0, 0.05) is 15.6 Å². The van der Waals surface area contributed by atoms with Gasteiger partial charge < -0.3 is 0 Å². The number of aromatic nitrogens is 3. The summed E-state index contributed by atoms with van der Waals surface area (Å²) in [6.45, 7) is 4.36. The second kappa shape index (κ2) is 6.32. The first-order valence-corrected chi connectivity index (χ1v) is 9.64. The number of fused-ring (bicyclic) bond motifs is 3. The SMILES string of the molecule is CCCCc1nc2c(c(C)nn2-c2ccc(Br)cc2)c2c1CCC2. The average Bonchev–Trinajstić information content (AvgIpc) is 3.18. The van der Waals surface area contributed by atoms with E-state index in [0.717, 1.165) is 27.9 Å². The number of benzene rings is 1. The van der Waals surface area contributed by atoms with Gasteiger partial charge >= 0.3 is 0 Å². The van der Waals surface area contributed by atoms with Crippen molar-refractivity contribution >= 4 is 27.0 Å². The second-order valence-corrected chi connectivity index (χ2v) is 7.56. The van der Waals surface area contributed by atoms with E-state index >= 15 is 0 Å². The molecule has 0 saturated heterocycles. The van der Waals surface area contributed by atoms with E-state index in [1.165, 1.54) is 54.3 Å². The normalized spacial score (nSPS) is 13.6. The van der Waals surface area contributed by atoms with Crippen LogP contribution in [0.3, 0.4) is 0 Å². The van der Waals surface area contributed by atoms with Crippen LogP contribution in [0.4, 0.5) is 0 Å². The van der Waals surface area contributed by atoms with Gasteiger partial charge in [-0.05, 0) is 74.4 Å². The average molecular weight is 384 g/mol. The van der Waals surface area contributed by atoms with Gasteiger partial charge in [0.05, 0.1) is 11.4 Å². The highest BCUT2D eigenvalue weighted by molar-refractivity contribution is 9.10. The molecule has 1 aromatic carbocycles. The Morgan fingerprint density at radius 2 is 1.88 bits per heavy atom. The van der Waals surface area contributed by atoms with Gasteiger partial charge in [-0.25, -0.2) is 9.67 Å². The minimum Gasteiger partial charge on any atom is -0.233 e. The topological polar surface area (TPSA) is 30.7 Å². The predicted molar refractivity (Wildman–Crippen MR) is 102 cm³/mol. The summed E-state index contributed by atoms with van der Waals surface area (Å²) >= 11 is 3.51. The molecule has 24 heavy (non-hydrogen) atoms. The van der Waals surface area contributed by atoms with Crippen molar-refractivity contribution < 1.29 is 0 Å². The van der Waals surface area contributed by atoms with Crippen molar-refractivity contribution in [2.24, 2.45) is 0 Å². The summed E-state index contributed by atoms with van der Waals surface area (Å²) in [6, 6.07) is 8.31. The van der Waals surface area contributed by atoms with E-state index in [0.29, 0.717) is 0 Å². The summed E-state index contributed by atoms with van der Waals surface area (Å²) in [6.07, 6.45) is 7.09. The van der Waals surface area contributed by atoms with E-state index in [2.05, 4.69) is 54.0 Å². The van der Waals surface area contributed by atoms with Gasteiger partial charge in [0.15, 0.2) is 5.65 Å². The van der Waals surface area contributed by atoms with Crippen LogP contribution >= 0.6 is 15.9 Å². The van der Waals surface area contributed by atoms with Crippen LogP contribution in [0.15, 0.2) is 28.7 Å². The molecule has 0 unspecified atom stereocenters. The standard InChI is InChI=1S/C20H22BrN3/c1-3-4-8-18-16-6-5-7-17(16)19-13(2)23-24(20(19)22-18)15-11-9-14(21)10-12-15/h9-12H,3-8H2,1-2H3. The number of aryl methyl sites for hydroxylation is 3. The van der Waals surface area contributed by atoms with E-state index < -0.39 is 0 Å². The summed E-state index contributed by atoms with van der Waals surface area (Å²) in [5.41, 5.74) is 7.52. The first kappa shape index (κ1) is 15.8. The monoisotopic (exact) mass is 383 g/mol. The summed E-state index contributed by atoms with van der Waals surface area (Å²) in [4.78, 5) is 5.09. The van der Waals surface area contributed by atoms with Gasteiger partial charge in [0.1, 0.15) is 0 Å². The van der Waals surface area contributed by atoms with Crippen molar-refractivity contribution in [1.82, 2.24) is 14.8 Å². The Bertz CT molecular complexity index is 894. The first-order chi connectivity index (χ1) is 11.7.